The molecule has 1 aromatic heterocycles. The van der Waals surface area contributed by atoms with E-state index in [1.807, 2.05) is 30.3 Å². The lowest BCUT2D eigenvalue weighted by atomic mass is 10.1. The summed E-state index contributed by atoms with van der Waals surface area (Å²) in [5.74, 6) is -0.827. The van der Waals surface area contributed by atoms with Crippen LogP contribution in [0.3, 0.4) is 0 Å². The lowest BCUT2D eigenvalue weighted by Gasteiger charge is -2.10. The number of hydrogen-bond acceptors (Lipinski definition) is 3. The third-order valence-electron chi connectivity index (χ3n) is 3.62. The molecule has 1 heterocycles. The fourth-order valence-corrected chi connectivity index (χ4v) is 2.78. The zero-order valence-electron chi connectivity index (χ0n) is 13.5. The summed E-state index contributed by atoms with van der Waals surface area (Å²) in [5, 5.41) is 0.597. The zero-order valence-corrected chi connectivity index (χ0v) is 15.1. The van der Waals surface area contributed by atoms with Crippen LogP contribution in [-0.4, -0.2) is 21.4 Å². The Kier molecular flexibility index (Phi) is 5.50. The number of nitrogens with one attached hydrogen (secondary N) is 3. The van der Waals surface area contributed by atoms with Gasteiger partial charge in [-0.2, -0.15) is 0 Å². The number of para-hydroxylation sites is 1. The van der Waals surface area contributed by atoms with Crippen LogP contribution < -0.4 is 10.9 Å². The van der Waals surface area contributed by atoms with Gasteiger partial charge in [0.05, 0.1) is 6.42 Å². The van der Waals surface area contributed by atoms with Crippen LogP contribution in [0.15, 0.2) is 60.8 Å². The van der Waals surface area contributed by atoms with E-state index in [0.717, 1.165) is 11.3 Å². The Morgan fingerprint density at radius 3 is 2.42 bits per heavy atom. The number of amides is 2. The van der Waals surface area contributed by atoms with Crippen LogP contribution in [0.4, 0.5) is 0 Å². The molecule has 0 radical (unpaired) electrons. The maximum Gasteiger partial charge on any atom is 0.288 e. The molecule has 0 spiro atoms. The van der Waals surface area contributed by atoms with Gasteiger partial charge >= 0.3 is 0 Å². The molecular formula is C18H15ClN4O2S. The van der Waals surface area contributed by atoms with Crippen molar-refractivity contribution in [3.63, 3.8) is 0 Å². The number of imidazole rings is 1. The Hall–Kier alpha value is -2.90. The van der Waals surface area contributed by atoms with Crippen molar-refractivity contribution in [1.29, 1.82) is 0 Å². The Balaban J connectivity index is 1.67. The highest BCUT2D eigenvalue weighted by Crippen LogP contribution is 2.12. The lowest BCUT2D eigenvalue weighted by Crippen LogP contribution is -2.43. The molecule has 8 heteroatoms. The number of carbonyl (C=O) groups is 2. The Morgan fingerprint density at radius 1 is 1.04 bits per heavy atom. The Morgan fingerprint density at radius 2 is 1.73 bits per heavy atom. The number of nitrogens with zero attached hydrogens (tertiary/aromatic N) is 1. The van der Waals surface area contributed by atoms with Gasteiger partial charge in [0.2, 0.25) is 5.91 Å². The first kappa shape index (κ1) is 17.9. The first-order valence-electron chi connectivity index (χ1n) is 7.74. The standard InChI is InChI=1S/C18H15ClN4O2S/c19-13-8-6-12(7-9-13)10-16(24)21-22-17(25)15-11-20-18(26)23(15)14-4-2-1-3-5-14/h1-9,11H,10H2,(H,20,26)(H,21,24)(H,22,25). The summed E-state index contributed by atoms with van der Waals surface area (Å²) >= 11 is 11.1. The predicted molar refractivity (Wildman–Crippen MR) is 102 cm³/mol. The van der Waals surface area contributed by atoms with Crippen LogP contribution in [0.2, 0.25) is 5.02 Å². The molecule has 3 N–H and O–H groups in total. The molecule has 3 rings (SSSR count). The number of H-pyrrole nitrogens is 1. The average molecular weight is 387 g/mol. The predicted octanol–water partition coefficient (Wildman–Crippen LogP) is 3.19. The molecule has 0 aliphatic rings. The number of rotatable bonds is 4. The van der Waals surface area contributed by atoms with Gasteiger partial charge in [0.25, 0.3) is 5.91 Å². The molecule has 132 valence electrons. The number of hydrazine groups is 1. The highest BCUT2D eigenvalue weighted by atomic mass is 35.5. The molecule has 2 aromatic carbocycles. The molecule has 2 amide bonds. The largest absolute Gasteiger partial charge is 0.336 e. The van der Waals surface area contributed by atoms with E-state index >= 15 is 0 Å². The smallest absolute Gasteiger partial charge is 0.288 e. The fraction of sp³-hybridized carbons (Fsp3) is 0.0556. The van der Waals surface area contributed by atoms with Gasteiger partial charge in [0, 0.05) is 16.9 Å². The molecule has 0 aliphatic heterocycles. The minimum atomic E-state index is -0.481. The summed E-state index contributed by atoms with van der Waals surface area (Å²) in [4.78, 5) is 27.3. The van der Waals surface area contributed by atoms with Crippen molar-refractivity contribution in [3.05, 3.63) is 81.8 Å². The molecule has 0 saturated heterocycles. The summed E-state index contributed by atoms with van der Waals surface area (Å²) < 4.78 is 1.98. The van der Waals surface area contributed by atoms with Crippen molar-refractivity contribution in [2.45, 2.75) is 6.42 Å². The van der Waals surface area contributed by atoms with Crippen LogP contribution in [-0.2, 0) is 11.2 Å². The fourth-order valence-electron chi connectivity index (χ4n) is 2.39. The molecule has 3 aromatic rings. The summed E-state index contributed by atoms with van der Waals surface area (Å²) in [5.41, 5.74) is 6.62. The second kappa shape index (κ2) is 7.99. The van der Waals surface area contributed by atoms with Gasteiger partial charge in [-0.05, 0) is 42.0 Å². The third kappa shape index (κ3) is 4.19. The topological polar surface area (TPSA) is 78.9 Å². The number of aromatic amines is 1. The molecule has 0 fully saturated rings. The van der Waals surface area contributed by atoms with Crippen LogP contribution >= 0.6 is 23.8 Å². The van der Waals surface area contributed by atoms with E-state index in [2.05, 4.69) is 15.8 Å². The van der Waals surface area contributed by atoms with Gasteiger partial charge in [-0.3, -0.25) is 25.0 Å². The van der Waals surface area contributed by atoms with E-state index in [4.69, 9.17) is 23.8 Å². The highest BCUT2D eigenvalue weighted by Gasteiger charge is 2.15. The van der Waals surface area contributed by atoms with E-state index < -0.39 is 5.91 Å². The monoisotopic (exact) mass is 386 g/mol. The summed E-state index contributed by atoms with van der Waals surface area (Å²) in [6, 6.07) is 16.1. The second-order valence-corrected chi connectivity index (χ2v) is 6.28. The van der Waals surface area contributed by atoms with E-state index in [1.54, 1.807) is 28.8 Å². The maximum absolute atomic E-state index is 12.4. The second-order valence-electron chi connectivity index (χ2n) is 5.46. The lowest BCUT2D eigenvalue weighted by molar-refractivity contribution is -0.121. The number of hydrogen-bond donors (Lipinski definition) is 3. The van der Waals surface area contributed by atoms with Crippen molar-refractivity contribution in [1.82, 2.24) is 20.4 Å². The summed E-state index contributed by atoms with van der Waals surface area (Å²) in [6.07, 6.45) is 1.62. The van der Waals surface area contributed by atoms with Crippen LogP contribution in [0.1, 0.15) is 16.1 Å². The quantitative estimate of drug-likeness (QED) is 0.476. The number of carbonyl (C=O) groups excluding carboxylic acids is 2. The van der Waals surface area contributed by atoms with Gasteiger partial charge in [0.15, 0.2) is 4.77 Å². The number of aromatic nitrogens is 2. The summed E-state index contributed by atoms with van der Waals surface area (Å²) in [7, 11) is 0. The maximum atomic E-state index is 12.4. The number of benzene rings is 2. The molecule has 0 unspecified atom stereocenters. The zero-order chi connectivity index (χ0) is 18.5. The van der Waals surface area contributed by atoms with Crippen LogP contribution in [0.25, 0.3) is 5.69 Å². The molecule has 0 atom stereocenters. The van der Waals surface area contributed by atoms with Crippen LogP contribution in [0.5, 0.6) is 0 Å². The van der Waals surface area contributed by atoms with E-state index in [-0.39, 0.29) is 18.0 Å². The average Bonchev–Trinajstić information content (AvgIpc) is 3.04. The van der Waals surface area contributed by atoms with Gasteiger partial charge in [-0.15, -0.1) is 0 Å². The normalized spacial score (nSPS) is 10.3. The van der Waals surface area contributed by atoms with Gasteiger partial charge in [0.1, 0.15) is 5.69 Å². The molecule has 0 bridgehead atoms. The third-order valence-corrected chi connectivity index (χ3v) is 4.17. The van der Waals surface area contributed by atoms with Crippen molar-refractivity contribution < 1.29 is 9.59 Å². The van der Waals surface area contributed by atoms with E-state index in [1.165, 1.54) is 6.20 Å². The van der Waals surface area contributed by atoms with Crippen molar-refractivity contribution in [2.24, 2.45) is 0 Å². The molecule has 6 nitrogen and oxygen atoms in total. The van der Waals surface area contributed by atoms with Crippen molar-refractivity contribution in [2.75, 3.05) is 0 Å². The first-order valence-corrected chi connectivity index (χ1v) is 8.52. The summed E-state index contributed by atoms with van der Waals surface area (Å²) in [6.45, 7) is 0. The minimum Gasteiger partial charge on any atom is -0.336 e. The minimum absolute atomic E-state index is 0.121. The van der Waals surface area contributed by atoms with Crippen molar-refractivity contribution in [3.8, 4) is 5.69 Å². The van der Waals surface area contributed by atoms with Crippen LogP contribution in [0, 0.1) is 4.77 Å². The Bertz CT molecular complexity index is 980. The van der Waals surface area contributed by atoms with Gasteiger partial charge in [-0.25, -0.2) is 0 Å². The van der Waals surface area contributed by atoms with Gasteiger partial charge < -0.3 is 4.98 Å². The number of halogens is 1. The SMILES string of the molecule is O=C(Cc1ccc(Cl)cc1)NNC(=O)c1c[nH]c(=S)n1-c1ccccc1. The van der Waals surface area contributed by atoms with Crippen molar-refractivity contribution >= 4 is 35.6 Å². The van der Waals surface area contributed by atoms with E-state index in [9.17, 15) is 9.59 Å². The first-order chi connectivity index (χ1) is 12.5. The molecule has 0 aliphatic carbocycles. The Labute approximate surface area is 159 Å². The van der Waals surface area contributed by atoms with E-state index in [0.29, 0.717) is 9.79 Å². The molecular weight excluding hydrogens is 372 g/mol. The highest BCUT2D eigenvalue weighted by molar-refractivity contribution is 7.71. The molecule has 26 heavy (non-hydrogen) atoms. The van der Waals surface area contributed by atoms with Gasteiger partial charge in [-0.1, -0.05) is 41.9 Å². The molecule has 0 saturated carbocycles.